The second-order valence-electron chi connectivity index (χ2n) is 10.1. The molecule has 37 heavy (non-hydrogen) atoms. The number of piperidine rings is 1. The maximum atomic E-state index is 13.6. The minimum absolute atomic E-state index is 0.0375. The number of hydrogen-bond acceptors (Lipinski definition) is 5. The van der Waals surface area contributed by atoms with Gasteiger partial charge in [-0.25, -0.2) is 0 Å². The lowest BCUT2D eigenvalue weighted by molar-refractivity contribution is -0.124. The molecule has 0 aromatic heterocycles. The summed E-state index contributed by atoms with van der Waals surface area (Å²) in [5, 5.41) is 3.40. The molecule has 4 rings (SSSR count). The summed E-state index contributed by atoms with van der Waals surface area (Å²) >= 11 is 5.81. The van der Waals surface area contributed by atoms with Crippen LogP contribution in [0.3, 0.4) is 0 Å². The van der Waals surface area contributed by atoms with Crippen molar-refractivity contribution in [2.24, 2.45) is 5.92 Å². The molecular weight excluding hydrogens is 484 g/mol. The molecule has 8 heteroatoms. The van der Waals surface area contributed by atoms with Gasteiger partial charge < -0.3 is 19.9 Å². The zero-order valence-electron chi connectivity index (χ0n) is 22.1. The van der Waals surface area contributed by atoms with Crippen molar-refractivity contribution in [1.29, 1.82) is 0 Å². The first-order valence-corrected chi connectivity index (χ1v) is 13.7. The van der Waals surface area contributed by atoms with Crippen LogP contribution in [0.15, 0.2) is 48.5 Å². The van der Waals surface area contributed by atoms with E-state index in [0.717, 1.165) is 49.0 Å². The molecule has 2 saturated heterocycles. The molecule has 2 aromatic rings. The molecule has 0 unspecified atom stereocenters. The lowest BCUT2D eigenvalue weighted by atomic mass is 9.99. The lowest BCUT2D eigenvalue weighted by Crippen LogP contribution is -2.40. The average Bonchev–Trinajstić information content (AvgIpc) is 3.11. The summed E-state index contributed by atoms with van der Waals surface area (Å²) in [6, 6.07) is 14.4. The van der Waals surface area contributed by atoms with Crippen molar-refractivity contribution in [1.82, 2.24) is 9.80 Å². The fourth-order valence-electron chi connectivity index (χ4n) is 4.96. The molecule has 0 bridgehead atoms. The van der Waals surface area contributed by atoms with Crippen molar-refractivity contribution in [3.05, 3.63) is 54.1 Å². The van der Waals surface area contributed by atoms with Crippen LogP contribution in [-0.4, -0.2) is 65.6 Å². The van der Waals surface area contributed by atoms with Crippen molar-refractivity contribution in [3.63, 3.8) is 0 Å². The van der Waals surface area contributed by atoms with Gasteiger partial charge >= 0.3 is 0 Å². The van der Waals surface area contributed by atoms with Crippen molar-refractivity contribution < 1.29 is 14.3 Å². The van der Waals surface area contributed by atoms with E-state index in [9.17, 15) is 9.59 Å². The standard InChI is InChI=1S/C29H38N4O3S/c1-4-36-25-12-8-23(9-13-25)30-27(34)20-26-28(35)33(24-10-6-21(2)7-11-24)29(37)32(26)17-5-16-31-18-14-22(3)15-19-31/h6-13,22,26H,4-5,14-20H2,1-3H3,(H,30,34)/t26-/m0/s1. The van der Waals surface area contributed by atoms with Gasteiger partial charge in [-0.15, -0.1) is 0 Å². The molecule has 1 atom stereocenters. The summed E-state index contributed by atoms with van der Waals surface area (Å²) in [5.41, 5.74) is 2.52. The number of hydrogen-bond donors (Lipinski definition) is 1. The molecule has 0 saturated carbocycles. The number of carbonyl (C=O) groups is 2. The first kappa shape index (κ1) is 27.1. The van der Waals surface area contributed by atoms with Gasteiger partial charge in [0.2, 0.25) is 5.91 Å². The Bertz CT molecular complexity index is 1080. The summed E-state index contributed by atoms with van der Waals surface area (Å²) < 4.78 is 5.47. The number of aryl methyl sites for hydroxylation is 1. The molecule has 2 aliphatic heterocycles. The van der Waals surface area contributed by atoms with Gasteiger partial charge in [-0.05, 0) is 107 Å². The van der Waals surface area contributed by atoms with E-state index in [1.165, 1.54) is 12.8 Å². The second kappa shape index (κ2) is 12.5. The van der Waals surface area contributed by atoms with Gasteiger partial charge in [0.05, 0.1) is 18.7 Å². The zero-order chi connectivity index (χ0) is 26.4. The fraction of sp³-hybridized carbons (Fsp3) is 0.483. The molecule has 7 nitrogen and oxygen atoms in total. The Labute approximate surface area is 225 Å². The summed E-state index contributed by atoms with van der Waals surface area (Å²) in [6.07, 6.45) is 3.39. The van der Waals surface area contributed by atoms with Gasteiger partial charge in [0, 0.05) is 12.2 Å². The Morgan fingerprint density at radius 2 is 1.73 bits per heavy atom. The fourth-order valence-corrected chi connectivity index (χ4v) is 5.37. The number of nitrogens with zero attached hydrogens (tertiary/aromatic N) is 3. The number of ether oxygens (including phenoxy) is 1. The third kappa shape index (κ3) is 6.87. The van der Waals surface area contributed by atoms with Gasteiger partial charge in [0.1, 0.15) is 11.8 Å². The molecule has 198 valence electrons. The van der Waals surface area contributed by atoms with Crippen LogP contribution in [-0.2, 0) is 9.59 Å². The number of rotatable bonds is 10. The van der Waals surface area contributed by atoms with Crippen LogP contribution in [0.2, 0.25) is 0 Å². The van der Waals surface area contributed by atoms with E-state index in [-0.39, 0.29) is 18.2 Å². The number of thiocarbonyl (C=S) groups is 1. The van der Waals surface area contributed by atoms with Crippen LogP contribution in [0.4, 0.5) is 11.4 Å². The van der Waals surface area contributed by atoms with Crippen LogP contribution in [0.1, 0.15) is 45.1 Å². The molecule has 2 aromatic carbocycles. The lowest BCUT2D eigenvalue weighted by Gasteiger charge is -2.31. The Morgan fingerprint density at radius 3 is 2.38 bits per heavy atom. The Kier molecular flexibility index (Phi) is 9.16. The van der Waals surface area contributed by atoms with Gasteiger partial charge in [0.25, 0.3) is 5.91 Å². The molecule has 0 aliphatic carbocycles. The number of benzene rings is 2. The highest BCUT2D eigenvalue weighted by molar-refractivity contribution is 7.80. The summed E-state index contributed by atoms with van der Waals surface area (Å²) in [6.45, 7) is 10.7. The topological polar surface area (TPSA) is 65.1 Å². The highest BCUT2D eigenvalue weighted by atomic mass is 32.1. The number of nitrogens with one attached hydrogen (secondary N) is 1. The third-order valence-electron chi connectivity index (χ3n) is 7.19. The molecule has 2 amide bonds. The maximum Gasteiger partial charge on any atom is 0.256 e. The number of likely N-dealkylation sites (tertiary alicyclic amines) is 1. The number of carbonyl (C=O) groups excluding carboxylic acids is 2. The van der Waals surface area contributed by atoms with Crippen molar-refractivity contribution >= 4 is 40.5 Å². The largest absolute Gasteiger partial charge is 0.494 e. The Balaban J connectivity index is 1.44. The Morgan fingerprint density at radius 1 is 1.05 bits per heavy atom. The van der Waals surface area contributed by atoms with Gasteiger partial charge in [-0.3, -0.25) is 14.5 Å². The minimum atomic E-state index is -0.627. The van der Waals surface area contributed by atoms with E-state index in [1.807, 2.05) is 55.1 Å². The Hall–Kier alpha value is -2.97. The number of amides is 2. The van der Waals surface area contributed by atoms with Crippen LogP contribution >= 0.6 is 12.2 Å². The van der Waals surface area contributed by atoms with Crippen molar-refractivity contribution in [2.45, 2.75) is 52.5 Å². The smallest absolute Gasteiger partial charge is 0.256 e. The molecule has 2 heterocycles. The maximum absolute atomic E-state index is 13.6. The van der Waals surface area contributed by atoms with E-state index in [2.05, 4.69) is 17.1 Å². The highest BCUT2D eigenvalue weighted by Crippen LogP contribution is 2.28. The summed E-state index contributed by atoms with van der Waals surface area (Å²) in [7, 11) is 0. The van der Waals surface area contributed by atoms with Gasteiger partial charge in [-0.1, -0.05) is 24.6 Å². The average molecular weight is 523 g/mol. The van der Waals surface area contributed by atoms with Crippen molar-refractivity contribution in [2.75, 3.05) is 43.0 Å². The summed E-state index contributed by atoms with van der Waals surface area (Å²) in [4.78, 5) is 32.7. The molecule has 1 N–H and O–H groups in total. The second-order valence-corrected chi connectivity index (χ2v) is 10.5. The van der Waals surface area contributed by atoms with Gasteiger partial charge in [-0.2, -0.15) is 0 Å². The van der Waals surface area contributed by atoms with Crippen LogP contribution < -0.4 is 15.0 Å². The summed E-state index contributed by atoms with van der Waals surface area (Å²) in [5.74, 6) is 1.18. The van der Waals surface area contributed by atoms with E-state index in [0.29, 0.717) is 24.0 Å². The predicted octanol–water partition coefficient (Wildman–Crippen LogP) is 4.85. The molecular formula is C29H38N4O3S. The van der Waals surface area contributed by atoms with E-state index in [1.54, 1.807) is 17.0 Å². The molecule has 0 radical (unpaired) electrons. The predicted molar refractivity (Wildman–Crippen MR) is 152 cm³/mol. The van der Waals surface area contributed by atoms with Gasteiger partial charge in [0.15, 0.2) is 5.11 Å². The first-order chi connectivity index (χ1) is 17.9. The quantitative estimate of drug-likeness (QED) is 0.450. The van der Waals surface area contributed by atoms with Crippen LogP contribution in [0, 0.1) is 12.8 Å². The number of anilines is 2. The van der Waals surface area contributed by atoms with E-state index in [4.69, 9.17) is 17.0 Å². The van der Waals surface area contributed by atoms with E-state index < -0.39 is 6.04 Å². The third-order valence-corrected chi connectivity index (χ3v) is 7.61. The highest BCUT2D eigenvalue weighted by Gasteiger charge is 2.43. The monoisotopic (exact) mass is 522 g/mol. The van der Waals surface area contributed by atoms with Crippen LogP contribution in [0.5, 0.6) is 5.75 Å². The van der Waals surface area contributed by atoms with E-state index >= 15 is 0 Å². The molecule has 2 fully saturated rings. The minimum Gasteiger partial charge on any atom is -0.494 e. The molecule has 2 aliphatic rings. The normalized spacial score (nSPS) is 18.9. The SMILES string of the molecule is CCOc1ccc(NC(=O)C[C@H]2C(=O)N(c3ccc(C)cc3)C(=S)N2CCCN2CCC(C)CC2)cc1. The zero-order valence-corrected chi connectivity index (χ0v) is 22.9. The van der Waals surface area contributed by atoms with Crippen molar-refractivity contribution in [3.8, 4) is 5.75 Å². The first-order valence-electron chi connectivity index (χ1n) is 13.3. The molecule has 0 spiro atoms. The van der Waals surface area contributed by atoms with Crippen LogP contribution in [0.25, 0.3) is 0 Å².